The molecule has 0 heterocycles. The molecule has 0 aliphatic carbocycles. The van der Waals surface area contributed by atoms with Gasteiger partial charge in [-0.15, -0.1) is 0 Å². The van der Waals surface area contributed by atoms with Crippen molar-refractivity contribution in [1.82, 2.24) is 0 Å². The number of aryl methyl sites for hydroxylation is 2. The van der Waals surface area contributed by atoms with Crippen LogP contribution in [0.15, 0.2) is 24.3 Å². The van der Waals surface area contributed by atoms with E-state index in [-0.39, 0.29) is 59.1 Å². The van der Waals surface area contributed by atoms with E-state index in [9.17, 15) is 0 Å². The van der Waals surface area contributed by atoms with Crippen molar-refractivity contribution in [2.45, 2.75) is 168 Å². The molecule has 0 spiro atoms. The molecule has 0 atom stereocenters. The summed E-state index contributed by atoms with van der Waals surface area (Å²) >= 11 is 0. The van der Waals surface area contributed by atoms with Crippen LogP contribution in [-0.2, 0) is 23.2 Å². The van der Waals surface area contributed by atoms with Crippen LogP contribution < -0.4 is 59.1 Å². The Balaban J connectivity index is -0.00000169. The largest absolute Gasteiger partial charge is 1.00 e. The summed E-state index contributed by atoms with van der Waals surface area (Å²) in [5.74, 6) is 0. The van der Waals surface area contributed by atoms with Crippen molar-refractivity contribution in [3.63, 3.8) is 0 Å². The molecule has 1 aromatic rings. The number of benzene rings is 1. The fraction of sp³-hybridized carbons (Fsp3) is 0.812. The maximum absolute atomic E-state index is 8.52. The first-order chi connectivity index (χ1) is 17.9. The fourth-order valence-electron chi connectivity index (χ4n) is 5.00. The molecule has 39 heavy (non-hydrogen) atoms. The summed E-state index contributed by atoms with van der Waals surface area (Å²) in [5.41, 5.74) is 3.27. The van der Waals surface area contributed by atoms with Crippen LogP contribution in [-0.4, -0.2) is 17.5 Å². The Hall–Kier alpha value is 1.09. The smallest absolute Gasteiger partial charge is 0.759 e. The molecule has 1 aromatic carbocycles. The summed E-state index contributed by atoms with van der Waals surface area (Å²) in [6, 6.07) is 9.28. The minimum Gasteiger partial charge on any atom is -0.759 e. The van der Waals surface area contributed by atoms with Gasteiger partial charge >= 0.3 is 59.1 Å². The van der Waals surface area contributed by atoms with E-state index >= 15 is 0 Å². The molecule has 0 aliphatic heterocycles. The predicted molar refractivity (Wildman–Crippen MR) is 157 cm³/mol. The first kappa shape index (κ1) is 44.5. The van der Waals surface area contributed by atoms with Gasteiger partial charge in [0.25, 0.3) is 0 Å². The summed E-state index contributed by atoms with van der Waals surface area (Å²) in [4.78, 5) is 0. The Labute approximate surface area is 287 Å². The van der Waals surface area contributed by atoms with Crippen molar-refractivity contribution in [2.24, 2.45) is 0 Å². The molecule has 0 bridgehead atoms. The van der Waals surface area contributed by atoms with Gasteiger partial charge in [0.05, 0.1) is 0 Å². The first-order valence-electron chi connectivity index (χ1n) is 15.6. The van der Waals surface area contributed by atoms with Gasteiger partial charge in [-0.05, 0) is 36.8 Å². The van der Waals surface area contributed by atoms with E-state index in [1.807, 2.05) is 0 Å². The van der Waals surface area contributed by atoms with E-state index in [1.165, 1.54) is 154 Å². The van der Waals surface area contributed by atoms with Gasteiger partial charge in [-0.3, -0.25) is 8.42 Å². The van der Waals surface area contributed by atoms with Gasteiger partial charge in [0.15, 0.2) is 0 Å². The standard InChI is InChI=1S/C32H58.2Na.H2O4S/c1-3-5-7-9-11-13-15-17-19-21-23-27-31-29-25-26-30-32(31)28-24-22-20-18-16-14-12-10-8-6-4-2;;;1-5(2,3)4/h25-26,29-30H,3-24,27-28H2,1-2H3;;;(H2,1,2,3,4)/q;2*+1;/p-2. The molecule has 0 fully saturated rings. The van der Waals surface area contributed by atoms with Gasteiger partial charge < -0.3 is 9.11 Å². The molecular formula is C32H58Na2O4S. The quantitative estimate of drug-likeness (QED) is 0.0795. The van der Waals surface area contributed by atoms with Crippen LogP contribution in [0.4, 0.5) is 0 Å². The van der Waals surface area contributed by atoms with Crippen LogP contribution >= 0.6 is 0 Å². The summed E-state index contributed by atoms with van der Waals surface area (Å²) in [6.07, 6.45) is 34.2. The number of unbranched alkanes of at least 4 members (excludes halogenated alkanes) is 20. The molecule has 0 N–H and O–H groups in total. The van der Waals surface area contributed by atoms with Gasteiger partial charge in [0.2, 0.25) is 0 Å². The van der Waals surface area contributed by atoms with E-state index in [1.54, 1.807) is 11.1 Å². The molecule has 0 amide bonds. The number of hydrogen-bond donors (Lipinski definition) is 0. The van der Waals surface area contributed by atoms with Crippen LogP contribution in [0.3, 0.4) is 0 Å². The second kappa shape index (κ2) is 33.6. The molecule has 0 aliphatic rings. The van der Waals surface area contributed by atoms with Crippen molar-refractivity contribution in [2.75, 3.05) is 0 Å². The summed E-state index contributed by atoms with van der Waals surface area (Å²) in [5, 5.41) is 0. The first-order valence-corrected chi connectivity index (χ1v) is 16.9. The molecular weight excluding hydrogens is 526 g/mol. The second-order valence-corrected chi connectivity index (χ2v) is 11.6. The SMILES string of the molecule is CCCCCCCCCCCCCc1ccccc1CCCCCCCCCCCCC.O=S(=O)([O-])[O-].[Na+].[Na+]. The van der Waals surface area contributed by atoms with Crippen LogP contribution in [0.2, 0.25) is 0 Å². The molecule has 0 saturated heterocycles. The maximum atomic E-state index is 8.52. The number of rotatable bonds is 24. The van der Waals surface area contributed by atoms with E-state index in [2.05, 4.69) is 38.1 Å². The fourth-order valence-corrected chi connectivity index (χ4v) is 5.00. The molecule has 0 aromatic heterocycles. The molecule has 0 saturated carbocycles. The third-order valence-corrected chi connectivity index (χ3v) is 7.22. The molecule has 7 heteroatoms. The third-order valence-electron chi connectivity index (χ3n) is 7.22. The topological polar surface area (TPSA) is 80.3 Å². The zero-order chi connectivity index (χ0) is 27.5. The van der Waals surface area contributed by atoms with E-state index in [0.29, 0.717) is 0 Å². The molecule has 218 valence electrons. The minimum absolute atomic E-state index is 0. The van der Waals surface area contributed by atoms with E-state index in [4.69, 9.17) is 17.5 Å². The molecule has 4 nitrogen and oxygen atoms in total. The van der Waals surface area contributed by atoms with Gasteiger partial charge in [-0.1, -0.05) is 167 Å². The van der Waals surface area contributed by atoms with Crippen LogP contribution in [0, 0.1) is 0 Å². The Morgan fingerprint density at radius 3 is 0.897 bits per heavy atom. The number of hydrogen-bond acceptors (Lipinski definition) is 4. The summed E-state index contributed by atoms with van der Waals surface area (Å²) in [7, 11) is -5.17. The zero-order valence-electron chi connectivity index (χ0n) is 26.3. The third kappa shape index (κ3) is 37.1. The Morgan fingerprint density at radius 2 is 0.667 bits per heavy atom. The van der Waals surface area contributed by atoms with Crippen LogP contribution in [0.1, 0.15) is 166 Å². The van der Waals surface area contributed by atoms with Crippen molar-refractivity contribution in [3.05, 3.63) is 35.4 Å². The van der Waals surface area contributed by atoms with Crippen molar-refractivity contribution in [1.29, 1.82) is 0 Å². The zero-order valence-corrected chi connectivity index (χ0v) is 31.1. The van der Waals surface area contributed by atoms with Crippen LogP contribution in [0.5, 0.6) is 0 Å². The molecule has 0 unspecified atom stereocenters. The second-order valence-electron chi connectivity index (χ2n) is 10.7. The average Bonchev–Trinajstić information content (AvgIpc) is 2.85. The van der Waals surface area contributed by atoms with Gasteiger partial charge in [-0.25, -0.2) is 0 Å². The van der Waals surface area contributed by atoms with E-state index in [0.717, 1.165) is 0 Å². The normalized spacial score (nSPS) is 10.8. The Bertz CT molecular complexity index is 661. The maximum Gasteiger partial charge on any atom is 1.00 e. The van der Waals surface area contributed by atoms with Gasteiger partial charge in [-0.2, -0.15) is 0 Å². The predicted octanol–water partition coefficient (Wildman–Crippen LogP) is 4.06. The van der Waals surface area contributed by atoms with Gasteiger partial charge in [0.1, 0.15) is 0 Å². The molecule has 0 radical (unpaired) electrons. The van der Waals surface area contributed by atoms with Gasteiger partial charge in [0, 0.05) is 10.4 Å². The average molecular weight is 585 g/mol. The minimum atomic E-state index is -5.17. The summed E-state index contributed by atoms with van der Waals surface area (Å²) < 4.78 is 34.1. The van der Waals surface area contributed by atoms with Crippen molar-refractivity contribution >= 4 is 10.4 Å². The van der Waals surface area contributed by atoms with Crippen molar-refractivity contribution in [3.8, 4) is 0 Å². The summed E-state index contributed by atoms with van der Waals surface area (Å²) in [6.45, 7) is 4.61. The van der Waals surface area contributed by atoms with Crippen molar-refractivity contribution < 1.29 is 76.6 Å². The monoisotopic (exact) mass is 584 g/mol. The Kier molecular flexibility index (Phi) is 38.4. The molecule has 1 rings (SSSR count). The van der Waals surface area contributed by atoms with E-state index < -0.39 is 10.4 Å². The van der Waals surface area contributed by atoms with Crippen LogP contribution in [0.25, 0.3) is 0 Å². The Morgan fingerprint density at radius 1 is 0.462 bits per heavy atom.